The summed E-state index contributed by atoms with van der Waals surface area (Å²) in [5.41, 5.74) is 14.7. The number of esters is 1. The molecule has 0 aliphatic carbocycles. The second-order valence-electron chi connectivity index (χ2n) is 6.12. The number of ether oxygens (including phenoxy) is 1. The molecule has 0 aliphatic heterocycles. The molecule has 140 valence electrons. The van der Waals surface area contributed by atoms with Gasteiger partial charge in [0, 0.05) is 29.3 Å². The third-order valence-corrected chi connectivity index (χ3v) is 3.98. The van der Waals surface area contributed by atoms with Crippen LogP contribution in [0.2, 0.25) is 0 Å². The van der Waals surface area contributed by atoms with Crippen LogP contribution in [0.5, 0.6) is 0 Å². The van der Waals surface area contributed by atoms with Gasteiger partial charge >= 0.3 is 5.97 Å². The monoisotopic (exact) mass is 356 g/mol. The molecule has 0 aromatic heterocycles. The average Bonchev–Trinajstić information content (AvgIpc) is 2.64. The normalized spacial score (nSPS) is 11.6. The molecule has 0 bridgehead atoms. The first-order valence-electron chi connectivity index (χ1n) is 8.96. The van der Waals surface area contributed by atoms with Gasteiger partial charge in [0.1, 0.15) is 6.04 Å². The Morgan fingerprint density at radius 2 is 1.54 bits per heavy atom. The van der Waals surface area contributed by atoms with Crippen LogP contribution in [0.4, 0.5) is 22.7 Å². The Morgan fingerprint density at radius 3 is 2.12 bits per heavy atom. The number of unbranched alkanes of at least 4 members (excludes halogenated alkanes) is 1. The Kier molecular flexibility index (Phi) is 7.61. The van der Waals surface area contributed by atoms with E-state index >= 15 is 0 Å². The maximum absolute atomic E-state index is 12.2. The van der Waals surface area contributed by atoms with Crippen molar-refractivity contribution in [1.29, 1.82) is 0 Å². The summed E-state index contributed by atoms with van der Waals surface area (Å²) >= 11 is 0. The topological polar surface area (TPSA) is 102 Å². The number of nitrogen functional groups attached to an aromatic ring is 2. The molecule has 0 radical (unpaired) electrons. The van der Waals surface area contributed by atoms with E-state index in [4.69, 9.17) is 16.2 Å². The standard InChI is InChI=1S/C20H28N4O2/c1-2-26-20(25)19(24-18-12-8-16(22)9-13-18)5-3-4-14-23-17-10-6-15(21)7-11-17/h6-13,19,23-24H,2-5,14,21-22H2,1H3. The quantitative estimate of drug-likeness (QED) is 0.295. The lowest BCUT2D eigenvalue weighted by atomic mass is 10.1. The molecule has 0 saturated heterocycles. The minimum Gasteiger partial charge on any atom is -0.464 e. The highest BCUT2D eigenvalue weighted by Crippen LogP contribution is 2.16. The molecule has 2 rings (SSSR count). The van der Waals surface area contributed by atoms with Crippen molar-refractivity contribution in [3.05, 3.63) is 48.5 Å². The van der Waals surface area contributed by atoms with E-state index in [-0.39, 0.29) is 12.0 Å². The summed E-state index contributed by atoms with van der Waals surface area (Å²) in [5, 5.41) is 6.59. The van der Waals surface area contributed by atoms with Crippen LogP contribution in [-0.2, 0) is 9.53 Å². The number of rotatable bonds is 10. The van der Waals surface area contributed by atoms with Gasteiger partial charge in [-0.05, 0) is 74.7 Å². The van der Waals surface area contributed by atoms with E-state index in [1.807, 2.05) is 43.3 Å². The molecule has 6 nitrogen and oxygen atoms in total. The Morgan fingerprint density at radius 1 is 0.962 bits per heavy atom. The Labute approximate surface area is 154 Å². The fourth-order valence-corrected chi connectivity index (χ4v) is 2.58. The lowest BCUT2D eigenvalue weighted by molar-refractivity contribution is -0.144. The van der Waals surface area contributed by atoms with Crippen LogP contribution >= 0.6 is 0 Å². The molecule has 6 N–H and O–H groups in total. The molecule has 6 heteroatoms. The summed E-state index contributed by atoms with van der Waals surface area (Å²) in [6.07, 6.45) is 2.55. The molecule has 0 spiro atoms. The number of nitrogens with two attached hydrogens (primary N) is 2. The minimum atomic E-state index is -0.366. The molecule has 0 saturated carbocycles. The molecular formula is C20H28N4O2. The van der Waals surface area contributed by atoms with Crippen LogP contribution in [0.1, 0.15) is 26.2 Å². The minimum absolute atomic E-state index is 0.226. The Hall–Kier alpha value is -2.89. The fourth-order valence-electron chi connectivity index (χ4n) is 2.58. The zero-order chi connectivity index (χ0) is 18.8. The van der Waals surface area contributed by atoms with E-state index in [0.717, 1.165) is 36.4 Å². The fraction of sp³-hybridized carbons (Fsp3) is 0.350. The number of nitrogens with one attached hydrogen (secondary N) is 2. The van der Waals surface area contributed by atoms with Crippen molar-refractivity contribution >= 4 is 28.7 Å². The average molecular weight is 356 g/mol. The van der Waals surface area contributed by atoms with Gasteiger partial charge in [-0.1, -0.05) is 0 Å². The second-order valence-corrected chi connectivity index (χ2v) is 6.12. The molecule has 2 aromatic rings. The smallest absolute Gasteiger partial charge is 0.328 e. The second kappa shape index (κ2) is 10.2. The van der Waals surface area contributed by atoms with E-state index in [0.29, 0.717) is 18.7 Å². The largest absolute Gasteiger partial charge is 0.464 e. The maximum atomic E-state index is 12.2. The van der Waals surface area contributed by atoms with Gasteiger partial charge < -0.3 is 26.8 Å². The number of carbonyl (C=O) groups excluding carboxylic acids is 1. The summed E-state index contributed by atoms with van der Waals surface area (Å²) < 4.78 is 5.18. The summed E-state index contributed by atoms with van der Waals surface area (Å²) in [6, 6.07) is 14.6. The summed E-state index contributed by atoms with van der Waals surface area (Å²) in [5.74, 6) is -0.226. The Bertz CT molecular complexity index is 671. The van der Waals surface area contributed by atoms with Gasteiger partial charge in [-0.25, -0.2) is 4.79 Å². The van der Waals surface area contributed by atoms with Crippen LogP contribution in [-0.4, -0.2) is 25.2 Å². The number of hydrogen-bond donors (Lipinski definition) is 4. The summed E-state index contributed by atoms with van der Waals surface area (Å²) in [4.78, 5) is 12.2. The van der Waals surface area contributed by atoms with Crippen molar-refractivity contribution in [2.24, 2.45) is 0 Å². The predicted molar refractivity (Wildman–Crippen MR) is 108 cm³/mol. The first-order valence-corrected chi connectivity index (χ1v) is 8.96. The van der Waals surface area contributed by atoms with Crippen molar-refractivity contribution in [2.75, 3.05) is 35.3 Å². The Balaban J connectivity index is 1.79. The van der Waals surface area contributed by atoms with Gasteiger partial charge in [-0.2, -0.15) is 0 Å². The SMILES string of the molecule is CCOC(=O)C(CCCCNc1ccc(N)cc1)Nc1ccc(N)cc1. The van der Waals surface area contributed by atoms with Crippen LogP contribution in [0.3, 0.4) is 0 Å². The van der Waals surface area contributed by atoms with Crippen molar-refractivity contribution in [1.82, 2.24) is 0 Å². The molecule has 26 heavy (non-hydrogen) atoms. The van der Waals surface area contributed by atoms with Crippen molar-refractivity contribution in [3.63, 3.8) is 0 Å². The number of hydrogen-bond acceptors (Lipinski definition) is 6. The maximum Gasteiger partial charge on any atom is 0.328 e. The van der Waals surface area contributed by atoms with Crippen LogP contribution in [0.15, 0.2) is 48.5 Å². The third-order valence-electron chi connectivity index (χ3n) is 3.98. The molecule has 0 fully saturated rings. The van der Waals surface area contributed by atoms with Crippen LogP contribution in [0.25, 0.3) is 0 Å². The highest BCUT2D eigenvalue weighted by molar-refractivity contribution is 5.79. The first kappa shape index (κ1) is 19.4. The first-order chi connectivity index (χ1) is 12.6. The molecular weight excluding hydrogens is 328 g/mol. The van der Waals surface area contributed by atoms with E-state index < -0.39 is 0 Å². The van der Waals surface area contributed by atoms with E-state index in [1.54, 1.807) is 12.1 Å². The van der Waals surface area contributed by atoms with Gasteiger partial charge in [0.15, 0.2) is 0 Å². The highest BCUT2D eigenvalue weighted by Gasteiger charge is 2.19. The number of benzene rings is 2. The van der Waals surface area contributed by atoms with Gasteiger partial charge in [0.2, 0.25) is 0 Å². The zero-order valence-corrected chi connectivity index (χ0v) is 15.2. The molecule has 1 unspecified atom stereocenters. The van der Waals surface area contributed by atoms with Gasteiger partial charge in [-0.15, -0.1) is 0 Å². The molecule has 0 aliphatic rings. The lowest BCUT2D eigenvalue weighted by Crippen LogP contribution is -2.31. The molecule has 2 aromatic carbocycles. The summed E-state index contributed by atoms with van der Waals surface area (Å²) in [7, 11) is 0. The van der Waals surface area contributed by atoms with Gasteiger partial charge in [0.25, 0.3) is 0 Å². The summed E-state index contributed by atoms with van der Waals surface area (Å²) in [6.45, 7) is 3.02. The molecule has 1 atom stereocenters. The molecule has 0 amide bonds. The van der Waals surface area contributed by atoms with E-state index in [9.17, 15) is 4.79 Å². The van der Waals surface area contributed by atoms with E-state index in [2.05, 4.69) is 10.6 Å². The van der Waals surface area contributed by atoms with Crippen LogP contribution < -0.4 is 22.1 Å². The van der Waals surface area contributed by atoms with Crippen LogP contribution in [0, 0.1) is 0 Å². The molecule has 0 heterocycles. The number of anilines is 4. The zero-order valence-electron chi connectivity index (χ0n) is 15.2. The van der Waals surface area contributed by atoms with E-state index in [1.165, 1.54) is 0 Å². The number of carbonyl (C=O) groups is 1. The van der Waals surface area contributed by atoms with Crippen molar-refractivity contribution < 1.29 is 9.53 Å². The third kappa shape index (κ3) is 6.55. The van der Waals surface area contributed by atoms with Crippen molar-refractivity contribution in [3.8, 4) is 0 Å². The van der Waals surface area contributed by atoms with Gasteiger partial charge in [-0.3, -0.25) is 0 Å². The van der Waals surface area contributed by atoms with Crippen molar-refractivity contribution in [2.45, 2.75) is 32.2 Å². The predicted octanol–water partition coefficient (Wildman–Crippen LogP) is 3.48. The lowest BCUT2D eigenvalue weighted by Gasteiger charge is -2.18. The highest BCUT2D eigenvalue weighted by atomic mass is 16.5. The van der Waals surface area contributed by atoms with Gasteiger partial charge in [0.05, 0.1) is 6.61 Å².